The molecule has 1 heterocycles. The van der Waals surface area contributed by atoms with Crippen LogP contribution >= 0.6 is 11.3 Å². The second kappa shape index (κ2) is 2.06. The summed E-state index contributed by atoms with van der Waals surface area (Å²) in [4.78, 5) is 0. The van der Waals surface area contributed by atoms with Gasteiger partial charge in [-0.15, -0.1) is 0 Å². The zero-order valence-electron chi connectivity index (χ0n) is 5.17. The minimum Gasteiger partial charge on any atom is -0.207 e. The topological polar surface area (TPSA) is 0 Å². The lowest BCUT2D eigenvalue weighted by Crippen LogP contribution is -1.68. The molecule has 1 aromatic carbocycles. The van der Waals surface area contributed by atoms with E-state index in [0.717, 1.165) is 10.8 Å². The fourth-order valence-electron chi connectivity index (χ4n) is 0.936. The molecule has 0 aliphatic carbocycles. The van der Waals surface area contributed by atoms with Gasteiger partial charge >= 0.3 is 0 Å². The van der Waals surface area contributed by atoms with Crippen LogP contribution in [0, 0.1) is 5.82 Å². The molecule has 0 nitrogen and oxygen atoms in total. The Bertz CT molecular complexity index is 351. The Morgan fingerprint density at radius 1 is 1.10 bits per heavy atom. The van der Waals surface area contributed by atoms with E-state index >= 15 is 0 Å². The zero-order chi connectivity index (χ0) is 6.97. The fraction of sp³-hybridized carbons (Fsp3) is 0. The molecule has 0 aliphatic heterocycles. The zero-order valence-corrected chi connectivity index (χ0v) is 5.99. The molecule has 0 aliphatic rings. The molecule has 0 spiro atoms. The lowest BCUT2D eigenvalue weighted by atomic mass is 10.2. The number of hydrogen-bond donors (Lipinski definition) is 0. The molecular formula is C8H5FS. The van der Waals surface area contributed by atoms with Gasteiger partial charge in [0.05, 0.1) is 0 Å². The third-order valence-corrected chi connectivity index (χ3v) is 2.22. The second-order valence-corrected chi connectivity index (χ2v) is 2.89. The summed E-state index contributed by atoms with van der Waals surface area (Å²) in [6.07, 6.45) is 0. The highest BCUT2D eigenvalue weighted by Gasteiger charge is 1.93. The molecule has 0 amide bonds. The van der Waals surface area contributed by atoms with E-state index in [1.165, 1.54) is 6.07 Å². The lowest BCUT2D eigenvalue weighted by Gasteiger charge is -1.87. The van der Waals surface area contributed by atoms with Crippen LogP contribution in [0.1, 0.15) is 0 Å². The van der Waals surface area contributed by atoms with E-state index in [-0.39, 0.29) is 5.82 Å². The Hall–Kier alpha value is -0.890. The van der Waals surface area contributed by atoms with E-state index in [1.807, 2.05) is 10.8 Å². The van der Waals surface area contributed by atoms with Crippen molar-refractivity contribution < 1.29 is 4.39 Å². The summed E-state index contributed by atoms with van der Waals surface area (Å²) >= 11 is 1.59. The average Bonchev–Trinajstić information content (AvgIpc) is 2.33. The average molecular weight is 152 g/mol. The van der Waals surface area contributed by atoms with Crippen LogP contribution in [0.25, 0.3) is 10.8 Å². The first-order valence-electron chi connectivity index (χ1n) is 2.98. The number of halogens is 1. The van der Waals surface area contributed by atoms with Gasteiger partial charge in [-0.05, 0) is 33.7 Å². The second-order valence-electron chi connectivity index (χ2n) is 2.15. The minimum atomic E-state index is -0.161. The SMILES string of the molecule is Fc1ccc2cscc2c1. The molecule has 1 aromatic heterocycles. The maximum absolute atomic E-state index is 12.5. The van der Waals surface area contributed by atoms with Crippen LogP contribution in [0.3, 0.4) is 0 Å². The molecule has 2 rings (SSSR count). The van der Waals surface area contributed by atoms with Crippen LogP contribution in [0.5, 0.6) is 0 Å². The highest BCUT2D eigenvalue weighted by molar-refractivity contribution is 7.09. The van der Waals surface area contributed by atoms with E-state index in [0.29, 0.717) is 0 Å². The van der Waals surface area contributed by atoms with E-state index < -0.39 is 0 Å². The van der Waals surface area contributed by atoms with Crippen molar-refractivity contribution in [3.8, 4) is 0 Å². The number of rotatable bonds is 0. The summed E-state index contributed by atoms with van der Waals surface area (Å²) < 4.78 is 12.5. The summed E-state index contributed by atoms with van der Waals surface area (Å²) in [5.74, 6) is -0.161. The third-order valence-electron chi connectivity index (χ3n) is 1.44. The first-order chi connectivity index (χ1) is 4.86. The van der Waals surface area contributed by atoms with Gasteiger partial charge in [-0.25, -0.2) is 4.39 Å². The predicted octanol–water partition coefficient (Wildman–Crippen LogP) is 3.04. The number of thiophene rings is 1. The maximum atomic E-state index is 12.5. The normalized spacial score (nSPS) is 10.5. The van der Waals surface area contributed by atoms with Crippen molar-refractivity contribution >= 4 is 22.1 Å². The molecule has 0 atom stereocenters. The Morgan fingerprint density at radius 3 is 2.80 bits per heavy atom. The molecule has 10 heavy (non-hydrogen) atoms. The van der Waals surface area contributed by atoms with Crippen LogP contribution in [-0.4, -0.2) is 0 Å². The van der Waals surface area contributed by atoms with Crippen molar-refractivity contribution in [2.45, 2.75) is 0 Å². The summed E-state index contributed by atoms with van der Waals surface area (Å²) in [5, 5.41) is 6.06. The van der Waals surface area contributed by atoms with Crippen molar-refractivity contribution in [2.75, 3.05) is 0 Å². The molecule has 0 bridgehead atoms. The Labute approximate surface area is 61.9 Å². The molecule has 0 radical (unpaired) electrons. The minimum absolute atomic E-state index is 0.161. The highest BCUT2D eigenvalue weighted by Crippen LogP contribution is 2.19. The molecule has 0 N–H and O–H groups in total. The molecule has 2 aromatic rings. The first kappa shape index (κ1) is 5.86. The van der Waals surface area contributed by atoms with Gasteiger partial charge in [0, 0.05) is 0 Å². The summed E-state index contributed by atoms with van der Waals surface area (Å²) in [7, 11) is 0. The number of fused-ring (bicyclic) bond motifs is 1. The molecule has 0 fully saturated rings. The quantitative estimate of drug-likeness (QED) is 0.544. The number of hydrogen-bond acceptors (Lipinski definition) is 1. The summed E-state index contributed by atoms with van der Waals surface area (Å²) in [5.41, 5.74) is 0. The smallest absolute Gasteiger partial charge is 0.123 e. The van der Waals surface area contributed by atoms with E-state index in [2.05, 4.69) is 0 Å². The van der Waals surface area contributed by atoms with Crippen LogP contribution < -0.4 is 0 Å². The van der Waals surface area contributed by atoms with Crippen LogP contribution in [0.2, 0.25) is 0 Å². The third kappa shape index (κ3) is 0.809. The molecule has 0 unspecified atom stereocenters. The van der Waals surface area contributed by atoms with Crippen molar-refractivity contribution in [2.24, 2.45) is 0 Å². The van der Waals surface area contributed by atoms with Gasteiger partial charge < -0.3 is 0 Å². The lowest BCUT2D eigenvalue weighted by molar-refractivity contribution is 0.630. The van der Waals surface area contributed by atoms with Crippen LogP contribution in [-0.2, 0) is 0 Å². The first-order valence-corrected chi connectivity index (χ1v) is 3.92. The van der Waals surface area contributed by atoms with E-state index in [1.54, 1.807) is 23.5 Å². The predicted molar refractivity (Wildman–Crippen MR) is 41.8 cm³/mol. The van der Waals surface area contributed by atoms with Gasteiger partial charge in [0.1, 0.15) is 5.82 Å². The van der Waals surface area contributed by atoms with Crippen LogP contribution in [0.4, 0.5) is 4.39 Å². The Balaban J connectivity index is 2.86. The van der Waals surface area contributed by atoms with Gasteiger partial charge in [-0.2, -0.15) is 11.3 Å². The standard InChI is InChI=1S/C8H5FS/c9-8-2-1-6-4-10-5-7(6)3-8/h1-5H. The van der Waals surface area contributed by atoms with Gasteiger partial charge in [0.2, 0.25) is 0 Å². The van der Waals surface area contributed by atoms with Gasteiger partial charge in [-0.3, -0.25) is 0 Å². The number of benzene rings is 1. The van der Waals surface area contributed by atoms with Crippen molar-refractivity contribution in [3.05, 3.63) is 34.8 Å². The molecule has 50 valence electrons. The van der Waals surface area contributed by atoms with Crippen molar-refractivity contribution in [1.29, 1.82) is 0 Å². The van der Waals surface area contributed by atoms with Gasteiger partial charge in [-0.1, -0.05) is 6.07 Å². The van der Waals surface area contributed by atoms with Crippen LogP contribution in [0.15, 0.2) is 29.0 Å². The molecule has 0 saturated heterocycles. The summed E-state index contributed by atoms with van der Waals surface area (Å²) in [6.45, 7) is 0. The largest absolute Gasteiger partial charge is 0.207 e. The van der Waals surface area contributed by atoms with Gasteiger partial charge in [0.25, 0.3) is 0 Å². The molecule has 2 heteroatoms. The Morgan fingerprint density at radius 2 is 1.90 bits per heavy atom. The monoisotopic (exact) mass is 152 g/mol. The molecular weight excluding hydrogens is 147 g/mol. The van der Waals surface area contributed by atoms with E-state index in [4.69, 9.17) is 0 Å². The van der Waals surface area contributed by atoms with Crippen molar-refractivity contribution in [3.63, 3.8) is 0 Å². The maximum Gasteiger partial charge on any atom is 0.123 e. The van der Waals surface area contributed by atoms with E-state index in [9.17, 15) is 4.39 Å². The Kier molecular flexibility index (Phi) is 1.21. The van der Waals surface area contributed by atoms with Gasteiger partial charge in [0.15, 0.2) is 0 Å². The van der Waals surface area contributed by atoms with Crippen molar-refractivity contribution in [1.82, 2.24) is 0 Å². The molecule has 0 saturated carbocycles. The summed E-state index contributed by atoms with van der Waals surface area (Å²) in [6, 6.07) is 4.82. The fourth-order valence-corrected chi connectivity index (χ4v) is 1.72. The highest BCUT2D eigenvalue weighted by atomic mass is 32.1.